The molecule has 0 saturated carbocycles. The Labute approximate surface area is 168 Å². The maximum atomic E-state index is 13.1. The van der Waals surface area contributed by atoms with Crippen LogP contribution in [0.3, 0.4) is 0 Å². The monoisotopic (exact) mass is 395 g/mol. The molecular formula is C21H22FN5O2. The first-order valence-electron chi connectivity index (χ1n) is 9.44. The van der Waals surface area contributed by atoms with E-state index in [0.717, 1.165) is 30.1 Å². The number of hydrogen-bond acceptors (Lipinski definition) is 6. The van der Waals surface area contributed by atoms with Crippen molar-refractivity contribution in [3.05, 3.63) is 76.7 Å². The fourth-order valence-corrected chi connectivity index (χ4v) is 3.35. The van der Waals surface area contributed by atoms with Gasteiger partial charge in [-0.05, 0) is 42.0 Å². The van der Waals surface area contributed by atoms with Crippen LogP contribution in [0.4, 0.5) is 16.0 Å². The number of benzene rings is 2. The first-order valence-corrected chi connectivity index (χ1v) is 9.44. The molecule has 0 atom stereocenters. The number of piperazine rings is 1. The molecule has 0 bridgehead atoms. The topological polar surface area (TPSA) is 63.5 Å². The lowest BCUT2D eigenvalue weighted by Gasteiger charge is -2.36. The van der Waals surface area contributed by atoms with Gasteiger partial charge in [0.1, 0.15) is 17.9 Å². The van der Waals surface area contributed by atoms with Gasteiger partial charge in [0.05, 0.1) is 13.7 Å². The molecule has 0 radical (unpaired) electrons. The van der Waals surface area contributed by atoms with Gasteiger partial charge in [0.15, 0.2) is 0 Å². The predicted octanol–water partition coefficient (Wildman–Crippen LogP) is 2.16. The van der Waals surface area contributed by atoms with Crippen molar-refractivity contribution < 1.29 is 9.13 Å². The molecule has 1 aliphatic rings. The van der Waals surface area contributed by atoms with Crippen LogP contribution >= 0.6 is 0 Å². The first kappa shape index (κ1) is 18.9. The third-order valence-electron chi connectivity index (χ3n) is 5.02. The minimum absolute atomic E-state index is 0.240. The highest BCUT2D eigenvalue weighted by molar-refractivity contribution is 5.48. The van der Waals surface area contributed by atoms with Crippen LogP contribution in [-0.4, -0.2) is 47.8 Å². The zero-order valence-electron chi connectivity index (χ0n) is 16.2. The van der Waals surface area contributed by atoms with Gasteiger partial charge in [-0.3, -0.25) is 4.57 Å². The van der Waals surface area contributed by atoms with E-state index in [2.05, 4.69) is 14.9 Å². The molecule has 1 aliphatic heterocycles. The van der Waals surface area contributed by atoms with Gasteiger partial charge >= 0.3 is 5.69 Å². The van der Waals surface area contributed by atoms with E-state index in [0.29, 0.717) is 25.6 Å². The lowest BCUT2D eigenvalue weighted by Crippen LogP contribution is -2.47. The van der Waals surface area contributed by atoms with Crippen molar-refractivity contribution in [3.8, 4) is 5.75 Å². The average molecular weight is 395 g/mol. The fraction of sp³-hybridized carbons (Fsp3) is 0.286. The molecule has 29 heavy (non-hydrogen) atoms. The molecule has 2 aromatic carbocycles. The molecule has 0 amide bonds. The Balaban J connectivity index is 1.40. The summed E-state index contributed by atoms with van der Waals surface area (Å²) in [6, 6.07) is 14.0. The number of ether oxygens (including phenoxy) is 1. The summed E-state index contributed by atoms with van der Waals surface area (Å²) in [4.78, 5) is 25.2. The van der Waals surface area contributed by atoms with Gasteiger partial charge in [0.25, 0.3) is 0 Å². The lowest BCUT2D eigenvalue weighted by atomic mass is 10.2. The Kier molecular flexibility index (Phi) is 5.41. The lowest BCUT2D eigenvalue weighted by molar-refractivity contribution is 0.414. The van der Waals surface area contributed by atoms with Gasteiger partial charge in [-0.1, -0.05) is 12.1 Å². The Hall–Kier alpha value is -3.42. The Bertz CT molecular complexity index is 1010. The van der Waals surface area contributed by atoms with E-state index in [1.807, 2.05) is 29.2 Å². The summed E-state index contributed by atoms with van der Waals surface area (Å²) >= 11 is 0. The van der Waals surface area contributed by atoms with E-state index >= 15 is 0 Å². The Morgan fingerprint density at radius 3 is 2.24 bits per heavy atom. The number of halogens is 1. The molecule has 0 spiro atoms. The number of methoxy groups -OCH3 is 1. The van der Waals surface area contributed by atoms with Crippen LogP contribution in [0.2, 0.25) is 0 Å². The van der Waals surface area contributed by atoms with Crippen LogP contribution in [0.1, 0.15) is 5.56 Å². The van der Waals surface area contributed by atoms with Gasteiger partial charge in [-0.2, -0.15) is 4.98 Å². The second-order valence-corrected chi connectivity index (χ2v) is 6.87. The fourth-order valence-electron chi connectivity index (χ4n) is 3.35. The number of aromatic nitrogens is 3. The first-order chi connectivity index (χ1) is 14.1. The van der Waals surface area contributed by atoms with Crippen LogP contribution in [0.15, 0.2) is 59.7 Å². The molecular weight excluding hydrogens is 373 g/mol. The van der Waals surface area contributed by atoms with Crippen LogP contribution in [-0.2, 0) is 6.54 Å². The number of rotatable bonds is 5. The van der Waals surface area contributed by atoms with E-state index in [1.54, 1.807) is 25.6 Å². The molecule has 2 heterocycles. The summed E-state index contributed by atoms with van der Waals surface area (Å²) < 4.78 is 19.7. The standard InChI is InChI=1S/C21H22FN5O2/c1-29-19-8-2-16(3-9-19)14-27-15-23-20(24-21(27)28)26-12-10-25(11-13-26)18-6-4-17(22)5-7-18/h2-9,15H,10-14H2,1H3. The van der Waals surface area contributed by atoms with Crippen molar-refractivity contribution >= 4 is 11.6 Å². The zero-order valence-corrected chi connectivity index (χ0v) is 16.2. The molecule has 1 fully saturated rings. The molecule has 7 nitrogen and oxygen atoms in total. The smallest absolute Gasteiger partial charge is 0.352 e. The molecule has 150 valence electrons. The third kappa shape index (κ3) is 4.37. The quantitative estimate of drug-likeness (QED) is 0.660. The third-order valence-corrected chi connectivity index (χ3v) is 5.02. The number of anilines is 2. The van der Waals surface area contributed by atoms with Crippen molar-refractivity contribution in [2.75, 3.05) is 43.1 Å². The van der Waals surface area contributed by atoms with E-state index in [4.69, 9.17) is 4.74 Å². The molecule has 0 unspecified atom stereocenters. The van der Waals surface area contributed by atoms with E-state index in [9.17, 15) is 9.18 Å². The SMILES string of the molecule is COc1ccc(Cn2cnc(N3CCN(c4ccc(F)cc4)CC3)nc2=O)cc1. The minimum atomic E-state index is -0.327. The van der Waals surface area contributed by atoms with Gasteiger partial charge in [-0.15, -0.1) is 0 Å². The molecule has 0 N–H and O–H groups in total. The molecule has 1 aromatic heterocycles. The normalized spacial score (nSPS) is 14.1. The second-order valence-electron chi connectivity index (χ2n) is 6.87. The summed E-state index contributed by atoms with van der Waals surface area (Å²) in [6.07, 6.45) is 1.54. The molecule has 1 saturated heterocycles. The highest BCUT2D eigenvalue weighted by atomic mass is 19.1. The maximum Gasteiger partial charge on any atom is 0.352 e. The van der Waals surface area contributed by atoms with E-state index in [-0.39, 0.29) is 11.5 Å². The van der Waals surface area contributed by atoms with E-state index < -0.39 is 0 Å². The summed E-state index contributed by atoms with van der Waals surface area (Å²) in [7, 11) is 1.62. The van der Waals surface area contributed by atoms with Crippen molar-refractivity contribution in [2.24, 2.45) is 0 Å². The number of nitrogens with zero attached hydrogens (tertiary/aromatic N) is 5. The Morgan fingerprint density at radius 1 is 0.966 bits per heavy atom. The van der Waals surface area contributed by atoms with Crippen LogP contribution in [0.5, 0.6) is 5.75 Å². The largest absolute Gasteiger partial charge is 0.497 e. The average Bonchev–Trinajstić information content (AvgIpc) is 2.76. The van der Waals surface area contributed by atoms with Crippen LogP contribution in [0.25, 0.3) is 0 Å². The van der Waals surface area contributed by atoms with E-state index in [1.165, 1.54) is 16.7 Å². The van der Waals surface area contributed by atoms with Crippen molar-refractivity contribution in [3.63, 3.8) is 0 Å². The van der Waals surface area contributed by atoms with Crippen molar-refractivity contribution in [2.45, 2.75) is 6.54 Å². The molecule has 4 rings (SSSR count). The maximum absolute atomic E-state index is 13.1. The van der Waals surface area contributed by atoms with Crippen molar-refractivity contribution in [1.82, 2.24) is 14.5 Å². The predicted molar refractivity (Wildman–Crippen MR) is 109 cm³/mol. The van der Waals surface area contributed by atoms with Gasteiger partial charge in [0, 0.05) is 31.9 Å². The zero-order chi connectivity index (χ0) is 20.2. The molecule has 0 aliphatic carbocycles. The van der Waals surface area contributed by atoms with Crippen LogP contribution < -0.4 is 20.2 Å². The number of hydrogen-bond donors (Lipinski definition) is 0. The second kappa shape index (κ2) is 8.30. The van der Waals surface area contributed by atoms with Crippen LogP contribution in [0, 0.1) is 5.82 Å². The minimum Gasteiger partial charge on any atom is -0.497 e. The van der Waals surface area contributed by atoms with Gasteiger partial charge in [0.2, 0.25) is 5.95 Å². The van der Waals surface area contributed by atoms with Gasteiger partial charge < -0.3 is 14.5 Å². The van der Waals surface area contributed by atoms with Gasteiger partial charge in [-0.25, -0.2) is 14.2 Å². The molecule has 3 aromatic rings. The Morgan fingerprint density at radius 2 is 1.62 bits per heavy atom. The summed E-state index contributed by atoms with van der Waals surface area (Å²) in [5, 5.41) is 0. The summed E-state index contributed by atoms with van der Waals surface area (Å²) in [5.74, 6) is 0.975. The highest BCUT2D eigenvalue weighted by Gasteiger charge is 2.20. The van der Waals surface area contributed by atoms with Crippen molar-refractivity contribution in [1.29, 1.82) is 0 Å². The summed E-state index contributed by atoms with van der Waals surface area (Å²) in [6.45, 7) is 3.30. The molecule has 8 heteroatoms. The highest BCUT2D eigenvalue weighted by Crippen LogP contribution is 2.18. The summed E-state index contributed by atoms with van der Waals surface area (Å²) in [5.41, 5.74) is 1.63.